The topological polar surface area (TPSA) is 26.0 Å². The molecule has 2 bridgehead atoms. The van der Waals surface area contributed by atoms with Crippen molar-refractivity contribution in [2.24, 2.45) is 23.5 Å². The summed E-state index contributed by atoms with van der Waals surface area (Å²) in [5.74, 6) is 2.98. The first-order valence-corrected chi connectivity index (χ1v) is 7.41. The molecule has 0 aliphatic heterocycles. The average molecular weight is 235 g/mol. The lowest BCUT2D eigenvalue weighted by atomic mass is 9.83. The molecule has 0 saturated heterocycles. The summed E-state index contributed by atoms with van der Waals surface area (Å²) in [6.45, 7) is 2.20. The van der Waals surface area contributed by atoms with Crippen LogP contribution in [0.1, 0.15) is 48.6 Å². The molecule has 3 rings (SSSR count). The molecule has 2 saturated carbocycles. The Morgan fingerprint density at radius 1 is 1.44 bits per heavy atom. The van der Waals surface area contributed by atoms with Crippen molar-refractivity contribution < 1.29 is 0 Å². The Hall–Kier alpha value is -0.340. The van der Waals surface area contributed by atoms with Gasteiger partial charge in [-0.25, -0.2) is 0 Å². The van der Waals surface area contributed by atoms with Gasteiger partial charge in [-0.3, -0.25) is 0 Å². The smallest absolute Gasteiger partial charge is 0.0308 e. The zero-order valence-corrected chi connectivity index (χ0v) is 10.8. The Bertz CT molecular complexity index is 371. The minimum atomic E-state index is 0.288. The third kappa shape index (κ3) is 1.82. The Labute approximate surface area is 102 Å². The number of fused-ring (bicyclic) bond motifs is 2. The van der Waals surface area contributed by atoms with Crippen LogP contribution in [0.15, 0.2) is 11.4 Å². The molecule has 2 N–H and O–H groups in total. The Kier molecular flexibility index (Phi) is 2.80. The number of hydrogen-bond acceptors (Lipinski definition) is 2. The zero-order chi connectivity index (χ0) is 11.1. The number of nitrogens with two attached hydrogens (primary N) is 1. The summed E-state index contributed by atoms with van der Waals surface area (Å²) in [5, 5.41) is 2.17. The van der Waals surface area contributed by atoms with Crippen molar-refractivity contribution in [2.45, 2.75) is 45.1 Å². The second-order valence-electron chi connectivity index (χ2n) is 5.71. The normalized spacial score (nSPS) is 34.5. The standard InChI is InChI=1S/C14H21NS/c1-9-13(4-5-16-9)14(15)8-12-7-10-2-3-11(12)6-10/h4-5,10-12,14H,2-3,6-8,15H2,1H3. The van der Waals surface area contributed by atoms with E-state index in [0.29, 0.717) is 0 Å². The van der Waals surface area contributed by atoms with Gasteiger partial charge in [0, 0.05) is 10.9 Å². The van der Waals surface area contributed by atoms with Crippen LogP contribution in [-0.4, -0.2) is 0 Å². The van der Waals surface area contributed by atoms with E-state index in [2.05, 4.69) is 18.4 Å². The predicted octanol–water partition coefficient (Wildman–Crippen LogP) is 3.88. The van der Waals surface area contributed by atoms with E-state index in [4.69, 9.17) is 5.73 Å². The minimum Gasteiger partial charge on any atom is -0.324 e. The second kappa shape index (κ2) is 4.15. The van der Waals surface area contributed by atoms with Crippen molar-refractivity contribution in [3.05, 3.63) is 21.9 Å². The summed E-state index contributed by atoms with van der Waals surface area (Å²) in [6, 6.07) is 2.51. The average Bonchev–Trinajstić information content (AvgIpc) is 2.92. The van der Waals surface area contributed by atoms with Gasteiger partial charge in [-0.05, 0) is 67.4 Å². The molecule has 2 aliphatic rings. The maximum Gasteiger partial charge on any atom is 0.0308 e. The molecule has 88 valence electrons. The van der Waals surface area contributed by atoms with Crippen molar-refractivity contribution >= 4 is 11.3 Å². The fraction of sp³-hybridized carbons (Fsp3) is 0.714. The van der Waals surface area contributed by atoms with Crippen LogP contribution >= 0.6 is 11.3 Å². The highest BCUT2D eigenvalue weighted by Gasteiger charge is 2.39. The van der Waals surface area contributed by atoms with Crippen LogP contribution in [-0.2, 0) is 0 Å². The van der Waals surface area contributed by atoms with Crippen LogP contribution in [0, 0.1) is 24.7 Å². The maximum absolute atomic E-state index is 6.36. The van der Waals surface area contributed by atoms with E-state index in [9.17, 15) is 0 Å². The summed E-state index contributed by atoms with van der Waals surface area (Å²) in [5.41, 5.74) is 7.75. The lowest BCUT2D eigenvalue weighted by molar-refractivity contribution is 0.296. The largest absolute Gasteiger partial charge is 0.324 e. The van der Waals surface area contributed by atoms with Gasteiger partial charge in [0.1, 0.15) is 0 Å². The molecule has 2 fully saturated rings. The third-order valence-corrected chi connectivity index (χ3v) is 5.60. The Balaban J connectivity index is 1.65. The highest BCUT2D eigenvalue weighted by atomic mass is 32.1. The number of thiophene rings is 1. The number of hydrogen-bond donors (Lipinski definition) is 1. The number of rotatable bonds is 3. The lowest BCUT2D eigenvalue weighted by Crippen LogP contribution is -2.19. The van der Waals surface area contributed by atoms with Gasteiger partial charge in [0.25, 0.3) is 0 Å². The molecule has 1 nitrogen and oxygen atoms in total. The van der Waals surface area contributed by atoms with Crippen LogP contribution in [0.5, 0.6) is 0 Å². The Morgan fingerprint density at radius 3 is 2.88 bits per heavy atom. The first-order valence-electron chi connectivity index (χ1n) is 6.53. The monoisotopic (exact) mass is 235 g/mol. The molecule has 4 unspecified atom stereocenters. The highest BCUT2D eigenvalue weighted by molar-refractivity contribution is 7.10. The molecule has 2 heteroatoms. The molecular weight excluding hydrogens is 214 g/mol. The minimum absolute atomic E-state index is 0.288. The van der Waals surface area contributed by atoms with Gasteiger partial charge < -0.3 is 5.73 Å². The van der Waals surface area contributed by atoms with Crippen molar-refractivity contribution in [3.63, 3.8) is 0 Å². The molecule has 1 heterocycles. The molecule has 16 heavy (non-hydrogen) atoms. The molecule has 0 radical (unpaired) electrons. The highest BCUT2D eigenvalue weighted by Crippen LogP contribution is 2.50. The Morgan fingerprint density at radius 2 is 2.31 bits per heavy atom. The number of aryl methyl sites for hydroxylation is 1. The van der Waals surface area contributed by atoms with E-state index in [1.54, 1.807) is 0 Å². The van der Waals surface area contributed by atoms with Crippen molar-refractivity contribution in [1.82, 2.24) is 0 Å². The summed E-state index contributed by atoms with van der Waals surface area (Å²) in [7, 11) is 0. The first-order chi connectivity index (χ1) is 7.74. The lowest BCUT2D eigenvalue weighted by Gasteiger charge is -2.24. The molecular formula is C14H21NS. The fourth-order valence-corrected chi connectivity index (χ4v) is 4.67. The maximum atomic E-state index is 6.36. The third-order valence-electron chi connectivity index (χ3n) is 4.74. The van der Waals surface area contributed by atoms with Crippen LogP contribution in [0.2, 0.25) is 0 Å². The van der Waals surface area contributed by atoms with Crippen molar-refractivity contribution in [1.29, 1.82) is 0 Å². The van der Waals surface area contributed by atoms with Gasteiger partial charge in [-0.1, -0.05) is 6.42 Å². The molecule has 2 aliphatic carbocycles. The van der Waals surface area contributed by atoms with Crippen LogP contribution in [0.4, 0.5) is 0 Å². The van der Waals surface area contributed by atoms with Crippen LogP contribution < -0.4 is 5.73 Å². The summed E-state index contributed by atoms with van der Waals surface area (Å²) in [4.78, 5) is 1.41. The van der Waals surface area contributed by atoms with Gasteiger partial charge in [0.15, 0.2) is 0 Å². The molecule has 0 aromatic carbocycles. The van der Waals surface area contributed by atoms with E-state index < -0.39 is 0 Å². The summed E-state index contributed by atoms with van der Waals surface area (Å²) >= 11 is 1.83. The van der Waals surface area contributed by atoms with Crippen molar-refractivity contribution in [3.8, 4) is 0 Å². The van der Waals surface area contributed by atoms with Gasteiger partial charge in [-0.2, -0.15) is 0 Å². The summed E-state index contributed by atoms with van der Waals surface area (Å²) in [6.07, 6.45) is 7.15. The second-order valence-corrected chi connectivity index (χ2v) is 6.83. The van der Waals surface area contributed by atoms with Gasteiger partial charge >= 0.3 is 0 Å². The first kappa shape index (κ1) is 10.8. The van der Waals surface area contributed by atoms with Crippen LogP contribution in [0.25, 0.3) is 0 Å². The van der Waals surface area contributed by atoms with E-state index in [1.807, 2.05) is 11.3 Å². The quantitative estimate of drug-likeness (QED) is 0.845. The summed E-state index contributed by atoms with van der Waals surface area (Å²) < 4.78 is 0. The van der Waals surface area contributed by atoms with E-state index in [1.165, 1.54) is 42.5 Å². The predicted molar refractivity (Wildman–Crippen MR) is 69.5 cm³/mol. The zero-order valence-electron chi connectivity index (χ0n) is 9.99. The van der Waals surface area contributed by atoms with Crippen LogP contribution in [0.3, 0.4) is 0 Å². The molecule has 4 atom stereocenters. The van der Waals surface area contributed by atoms with Gasteiger partial charge in [0.05, 0.1) is 0 Å². The van der Waals surface area contributed by atoms with E-state index in [0.717, 1.165) is 17.8 Å². The molecule has 1 aromatic heterocycles. The van der Waals surface area contributed by atoms with Crippen molar-refractivity contribution in [2.75, 3.05) is 0 Å². The molecule has 0 amide bonds. The van der Waals surface area contributed by atoms with E-state index in [-0.39, 0.29) is 6.04 Å². The van der Waals surface area contributed by atoms with E-state index >= 15 is 0 Å². The van der Waals surface area contributed by atoms with Gasteiger partial charge in [0.2, 0.25) is 0 Å². The fourth-order valence-electron chi connectivity index (χ4n) is 3.90. The SMILES string of the molecule is Cc1sccc1C(N)CC1CC2CCC1C2. The molecule has 0 spiro atoms. The van der Waals surface area contributed by atoms with Gasteiger partial charge in [-0.15, -0.1) is 11.3 Å². The molecule has 1 aromatic rings.